The molecule has 1 heterocycles. The van der Waals surface area contributed by atoms with Gasteiger partial charge in [0.25, 0.3) is 0 Å². The third kappa shape index (κ3) is 4.16. The number of aliphatic hydroxyl groups is 1. The van der Waals surface area contributed by atoms with Crippen molar-refractivity contribution in [1.82, 2.24) is 5.32 Å². The summed E-state index contributed by atoms with van der Waals surface area (Å²) in [5.74, 6) is 0.0130. The lowest BCUT2D eigenvalue weighted by molar-refractivity contribution is 0.0661. The zero-order valence-electron chi connectivity index (χ0n) is 10.9. The van der Waals surface area contributed by atoms with Crippen LogP contribution >= 0.6 is 0 Å². The van der Waals surface area contributed by atoms with Gasteiger partial charge in [-0.3, -0.25) is 0 Å². The number of aliphatic hydroxyl groups excluding tert-OH is 1. The van der Waals surface area contributed by atoms with E-state index in [1.54, 1.807) is 13.0 Å². The van der Waals surface area contributed by atoms with E-state index in [-0.39, 0.29) is 12.4 Å². The monoisotopic (exact) mass is 255 g/mol. The molecule has 1 atom stereocenters. The minimum Gasteiger partial charge on any atom is -0.475 e. The molecule has 5 nitrogen and oxygen atoms in total. The van der Waals surface area contributed by atoms with Crippen molar-refractivity contribution >= 4 is 5.97 Å². The van der Waals surface area contributed by atoms with Gasteiger partial charge in [0.05, 0.1) is 0 Å². The quantitative estimate of drug-likeness (QED) is 0.659. The Labute approximate surface area is 107 Å². The van der Waals surface area contributed by atoms with Crippen LogP contribution in [0, 0.1) is 12.8 Å². The molecule has 0 aromatic carbocycles. The lowest BCUT2D eigenvalue weighted by atomic mass is 10.0. The fourth-order valence-electron chi connectivity index (χ4n) is 1.84. The molecule has 3 N–H and O–H groups in total. The second kappa shape index (κ2) is 7.18. The van der Waals surface area contributed by atoms with E-state index >= 15 is 0 Å². The predicted octanol–water partition coefficient (Wildman–Crippen LogP) is 1.78. The molecule has 1 aromatic rings. The van der Waals surface area contributed by atoms with E-state index in [9.17, 15) is 4.79 Å². The molecule has 0 aliphatic rings. The van der Waals surface area contributed by atoms with Crippen molar-refractivity contribution < 1.29 is 19.4 Å². The van der Waals surface area contributed by atoms with Gasteiger partial charge in [0.1, 0.15) is 5.76 Å². The molecule has 1 aromatic heterocycles. The highest BCUT2D eigenvalue weighted by Crippen LogP contribution is 2.15. The van der Waals surface area contributed by atoms with Crippen LogP contribution in [0.3, 0.4) is 0 Å². The van der Waals surface area contributed by atoms with Gasteiger partial charge in [0.15, 0.2) is 0 Å². The van der Waals surface area contributed by atoms with Gasteiger partial charge >= 0.3 is 5.97 Å². The average Bonchev–Trinajstić information content (AvgIpc) is 2.70. The van der Waals surface area contributed by atoms with Gasteiger partial charge in [-0.05, 0) is 31.9 Å². The number of rotatable bonds is 8. The van der Waals surface area contributed by atoms with Gasteiger partial charge in [-0.25, -0.2) is 4.79 Å². The van der Waals surface area contributed by atoms with Crippen LogP contribution in [0.2, 0.25) is 0 Å². The van der Waals surface area contributed by atoms with Crippen LogP contribution < -0.4 is 5.32 Å². The fourth-order valence-corrected chi connectivity index (χ4v) is 1.84. The number of carbonyl (C=O) groups is 1. The summed E-state index contributed by atoms with van der Waals surface area (Å²) in [7, 11) is 0. The summed E-state index contributed by atoms with van der Waals surface area (Å²) in [6, 6.07) is 1.55. The topological polar surface area (TPSA) is 82.7 Å². The molecule has 1 rings (SSSR count). The van der Waals surface area contributed by atoms with Crippen LogP contribution in [-0.2, 0) is 6.54 Å². The number of aromatic carboxylic acids is 1. The van der Waals surface area contributed by atoms with E-state index in [1.165, 1.54) is 0 Å². The van der Waals surface area contributed by atoms with Gasteiger partial charge in [0, 0.05) is 18.7 Å². The molecule has 0 fully saturated rings. The molecule has 0 aliphatic carbocycles. The summed E-state index contributed by atoms with van der Waals surface area (Å²) in [6.07, 6.45) is 1.80. The SMILES string of the molecule is CCC(CCO)CNCc1cc(C(=O)O)oc1C. The van der Waals surface area contributed by atoms with E-state index in [1.807, 2.05) is 0 Å². The smallest absolute Gasteiger partial charge is 0.371 e. The minimum absolute atomic E-state index is 0.0216. The molecular weight excluding hydrogens is 234 g/mol. The number of aryl methyl sites for hydroxylation is 1. The Kier molecular flexibility index (Phi) is 5.88. The van der Waals surface area contributed by atoms with Gasteiger partial charge in [-0.2, -0.15) is 0 Å². The van der Waals surface area contributed by atoms with Crippen LogP contribution in [0.25, 0.3) is 0 Å². The minimum atomic E-state index is -1.05. The Morgan fingerprint density at radius 2 is 2.28 bits per heavy atom. The third-order valence-electron chi connectivity index (χ3n) is 3.09. The molecule has 0 radical (unpaired) electrons. The Hall–Kier alpha value is -1.33. The highest BCUT2D eigenvalue weighted by atomic mass is 16.4. The lowest BCUT2D eigenvalue weighted by Crippen LogP contribution is -2.23. The second-order valence-corrected chi connectivity index (χ2v) is 4.41. The zero-order chi connectivity index (χ0) is 13.5. The van der Waals surface area contributed by atoms with Gasteiger partial charge in [0.2, 0.25) is 5.76 Å². The highest BCUT2D eigenvalue weighted by Gasteiger charge is 2.13. The molecule has 102 valence electrons. The maximum atomic E-state index is 10.7. The van der Waals surface area contributed by atoms with E-state index in [2.05, 4.69) is 12.2 Å². The van der Waals surface area contributed by atoms with E-state index in [0.717, 1.165) is 24.9 Å². The van der Waals surface area contributed by atoms with E-state index in [0.29, 0.717) is 18.2 Å². The summed E-state index contributed by atoms with van der Waals surface area (Å²) in [5.41, 5.74) is 0.867. The van der Waals surface area contributed by atoms with Crippen LogP contribution in [0.15, 0.2) is 10.5 Å². The largest absolute Gasteiger partial charge is 0.475 e. The molecule has 0 bridgehead atoms. The number of nitrogens with one attached hydrogen (secondary N) is 1. The first-order chi connectivity index (χ1) is 8.58. The zero-order valence-corrected chi connectivity index (χ0v) is 10.9. The molecule has 1 unspecified atom stereocenters. The first-order valence-corrected chi connectivity index (χ1v) is 6.22. The molecule has 0 saturated carbocycles. The van der Waals surface area contributed by atoms with Crippen molar-refractivity contribution in [3.05, 3.63) is 23.2 Å². The Bertz CT molecular complexity index is 386. The van der Waals surface area contributed by atoms with Crippen molar-refractivity contribution in [2.45, 2.75) is 33.2 Å². The average molecular weight is 255 g/mol. The Morgan fingerprint density at radius 3 is 2.78 bits per heavy atom. The summed E-state index contributed by atoms with van der Waals surface area (Å²) in [6.45, 7) is 5.45. The summed E-state index contributed by atoms with van der Waals surface area (Å²) >= 11 is 0. The number of hydrogen-bond acceptors (Lipinski definition) is 4. The van der Waals surface area contributed by atoms with Crippen molar-refractivity contribution in [3.8, 4) is 0 Å². The Morgan fingerprint density at radius 1 is 1.56 bits per heavy atom. The fraction of sp³-hybridized carbons (Fsp3) is 0.615. The lowest BCUT2D eigenvalue weighted by Gasteiger charge is -2.13. The number of hydrogen-bond donors (Lipinski definition) is 3. The van der Waals surface area contributed by atoms with Crippen LogP contribution in [0.1, 0.15) is 41.6 Å². The van der Waals surface area contributed by atoms with Crippen molar-refractivity contribution in [2.75, 3.05) is 13.2 Å². The van der Waals surface area contributed by atoms with Crippen LogP contribution in [0.4, 0.5) is 0 Å². The molecule has 18 heavy (non-hydrogen) atoms. The maximum absolute atomic E-state index is 10.7. The Balaban J connectivity index is 2.45. The predicted molar refractivity (Wildman–Crippen MR) is 67.6 cm³/mol. The van der Waals surface area contributed by atoms with Gasteiger partial charge < -0.3 is 19.9 Å². The summed E-state index contributed by atoms with van der Waals surface area (Å²) in [4.78, 5) is 10.7. The van der Waals surface area contributed by atoms with E-state index in [4.69, 9.17) is 14.6 Å². The summed E-state index contributed by atoms with van der Waals surface area (Å²) in [5, 5.41) is 21.0. The normalized spacial score (nSPS) is 12.6. The van der Waals surface area contributed by atoms with Gasteiger partial charge in [-0.15, -0.1) is 0 Å². The number of furan rings is 1. The van der Waals surface area contributed by atoms with E-state index < -0.39 is 5.97 Å². The van der Waals surface area contributed by atoms with Crippen LogP contribution in [0.5, 0.6) is 0 Å². The molecule has 0 aliphatic heterocycles. The number of carboxylic acid groups (broad SMARTS) is 1. The molecule has 5 heteroatoms. The van der Waals surface area contributed by atoms with Gasteiger partial charge in [-0.1, -0.05) is 13.3 Å². The standard InChI is InChI=1S/C13H21NO4/c1-3-10(4-5-15)7-14-8-11-6-12(13(16)17)18-9(11)2/h6,10,14-15H,3-5,7-8H2,1-2H3,(H,16,17). The maximum Gasteiger partial charge on any atom is 0.371 e. The molecular formula is C13H21NO4. The molecule has 0 amide bonds. The summed E-state index contributed by atoms with van der Waals surface area (Å²) < 4.78 is 5.13. The first kappa shape index (κ1) is 14.7. The number of carboxylic acids is 1. The second-order valence-electron chi connectivity index (χ2n) is 4.41. The van der Waals surface area contributed by atoms with Crippen LogP contribution in [-0.4, -0.2) is 29.3 Å². The van der Waals surface area contributed by atoms with Crippen molar-refractivity contribution in [2.24, 2.45) is 5.92 Å². The van der Waals surface area contributed by atoms with Crippen molar-refractivity contribution in [1.29, 1.82) is 0 Å². The molecule has 0 spiro atoms. The third-order valence-corrected chi connectivity index (χ3v) is 3.09. The van der Waals surface area contributed by atoms with Crippen molar-refractivity contribution in [3.63, 3.8) is 0 Å². The highest BCUT2D eigenvalue weighted by molar-refractivity contribution is 5.84. The first-order valence-electron chi connectivity index (χ1n) is 6.22. The molecule has 0 saturated heterocycles.